The molecule has 0 atom stereocenters. The van der Waals surface area contributed by atoms with Crippen LogP contribution in [0.3, 0.4) is 0 Å². The van der Waals surface area contributed by atoms with Crippen LogP contribution in [0.25, 0.3) is 11.3 Å². The Morgan fingerprint density at radius 1 is 1.48 bits per heavy atom. The van der Waals surface area contributed by atoms with Gasteiger partial charge < -0.3 is 15.5 Å². The molecule has 1 amide bonds. The van der Waals surface area contributed by atoms with Crippen molar-refractivity contribution < 1.29 is 4.79 Å². The topological polar surface area (TPSA) is 57.3 Å². The van der Waals surface area contributed by atoms with E-state index in [9.17, 15) is 4.79 Å². The number of nitrogens with zero attached hydrogens (tertiary/aromatic N) is 2. The summed E-state index contributed by atoms with van der Waals surface area (Å²) in [6, 6.07) is 6.04. The van der Waals surface area contributed by atoms with Gasteiger partial charge in [0.1, 0.15) is 0 Å². The van der Waals surface area contributed by atoms with Gasteiger partial charge in [-0.1, -0.05) is 12.1 Å². The molecule has 1 aliphatic rings. The molecule has 130 valence electrons. The molecule has 0 bridgehead atoms. The SMILES string of the molecule is C=CCNC(=S)Nc1nc(-c2ccc3c(c2)C(C)(C)C(=O)N3C)cs1. The van der Waals surface area contributed by atoms with Gasteiger partial charge in [-0.05, 0) is 43.8 Å². The lowest BCUT2D eigenvalue weighted by Gasteiger charge is -2.16. The highest BCUT2D eigenvalue weighted by Crippen LogP contribution is 2.42. The number of rotatable bonds is 4. The largest absolute Gasteiger partial charge is 0.359 e. The van der Waals surface area contributed by atoms with Crippen molar-refractivity contribution in [2.45, 2.75) is 19.3 Å². The number of aromatic nitrogens is 1. The highest BCUT2D eigenvalue weighted by Gasteiger charge is 2.42. The van der Waals surface area contributed by atoms with Crippen LogP contribution in [0.2, 0.25) is 0 Å². The minimum atomic E-state index is -0.520. The molecule has 5 nitrogen and oxygen atoms in total. The number of anilines is 2. The normalized spacial score (nSPS) is 15.0. The Labute approximate surface area is 156 Å². The first-order valence-corrected chi connectivity index (χ1v) is 9.17. The van der Waals surface area contributed by atoms with Gasteiger partial charge in [0, 0.05) is 30.2 Å². The molecule has 0 fully saturated rings. The number of likely N-dealkylation sites (N-methyl/N-ethyl adjacent to an activating group) is 1. The fraction of sp³-hybridized carbons (Fsp3) is 0.278. The Bertz CT molecular complexity index is 857. The molecule has 0 saturated heterocycles. The highest BCUT2D eigenvalue weighted by atomic mass is 32.1. The zero-order chi connectivity index (χ0) is 18.2. The summed E-state index contributed by atoms with van der Waals surface area (Å²) in [6.45, 7) is 8.16. The molecular formula is C18H20N4OS2. The van der Waals surface area contributed by atoms with E-state index < -0.39 is 5.41 Å². The van der Waals surface area contributed by atoms with Crippen LogP contribution in [-0.4, -0.2) is 29.6 Å². The predicted molar refractivity (Wildman–Crippen MR) is 108 cm³/mol. The summed E-state index contributed by atoms with van der Waals surface area (Å²) in [4.78, 5) is 18.7. The van der Waals surface area contributed by atoms with Crippen molar-refractivity contribution in [1.82, 2.24) is 10.3 Å². The summed E-state index contributed by atoms with van der Waals surface area (Å²) in [5.41, 5.74) is 3.32. The van der Waals surface area contributed by atoms with E-state index in [1.54, 1.807) is 11.0 Å². The summed E-state index contributed by atoms with van der Waals surface area (Å²) in [5.74, 6) is 0.110. The molecule has 0 radical (unpaired) electrons. The van der Waals surface area contributed by atoms with E-state index in [0.29, 0.717) is 11.7 Å². The highest BCUT2D eigenvalue weighted by molar-refractivity contribution is 7.80. The summed E-state index contributed by atoms with van der Waals surface area (Å²) in [6.07, 6.45) is 1.74. The number of fused-ring (bicyclic) bond motifs is 1. The maximum atomic E-state index is 12.4. The number of hydrogen-bond donors (Lipinski definition) is 2. The monoisotopic (exact) mass is 372 g/mol. The van der Waals surface area contributed by atoms with Crippen LogP contribution in [-0.2, 0) is 10.2 Å². The Morgan fingerprint density at radius 2 is 2.24 bits per heavy atom. The lowest BCUT2D eigenvalue weighted by atomic mass is 9.85. The van der Waals surface area contributed by atoms with Crippen LogP contribution in [0.5, 0.6) is 0 Å². The number of hydrogen-bond acceptors (Lipinski definition) is 4. The molecule has 0 spiro atoms. The lowest BCUT2D eigenvalue weighted by molar-refractivity contribution is -0.121. The van der Waals surface area contributed by atoms with Gasteiger partial charge in [-0.25, -0.2) is 4.98 Å². The number of amides is 1. The minimum Gasteiger partial charge on any atom is -0.359 e. The number of thiazole rings is 1. The van der Waals surface area contributed by atoms with Crippen molar-refractivity contribution in [3.63, 3.8) is 0 Å². The van der Waals surface area contributed by atoms with Crippen LogP contribution in [0.15, 0.2) is 36.2 Å². The van der Waals surface area contributed by atoms with Gasteiger partial charge >= 0.3 is 0 Å². The quantitative estimate of drug-likeness (QED) is 0.635. The Kier molecular flexibility index (Phi) is 4.62. The van der Waals surface area contributed by atoms with E-state index in [-0.39, 0.29) is 5.91 Å². The molecule has 2 heterocycles. The number of carbonyl (C=O) groups excluding carboxylic acids is 1. The van der Waals surface area contributed by atoms with Crippen molar-refractivity contribution in [2.24, 2.45) is 0 Å². The van der Waals surface area contributed by atoms with Crippen molar-refractivity contribution >= 4 is 45.4 Å². The molecule has 7 heteroatoms. The predicted octanol–water partition coefficient (Wildman–Crippen LogP) is 3.54. The number of carbonyl (C=O) groups is 1. The van der Waals surface area contributed by atoms with E-state index in [0.717, 1.165) is 27.6 Å². The molecular weight excluding hydrogens is 352 g/mol. The first-order valence-electron chi connectivity index (χ1n) is 7.89. The van der Waals surface area contributed by atoms with E-state index in [4.69, 9.17) is 12.2 Å². The molecule has 1 aliphatic heterocycles. The molecule has 1 aromatic carbocycles. The first-order chi connectivity index (χ1) is 11.8. The molecule has 2 N–H and O–H groups in total. The Balaban J connectivity index is 1.85. The van der Waals surface area contributed by atoms with Crippen molar-refractivity contribution in [3.8, 4) is 11.3 Å². The van der Waals surface area contributed by atoms with E-state index in [2.05, 4.69) is 28.3 Å². The zero-order valence-electron chi connectivity index (χ0n) is 14.4. The zero-order valence-corrected chi connectivity index (χ0v) is 16.1. The van der Waals surface area contributed by atoms with Crippen molar-refractivity contribution in [3.05, 3.63) is 41.8 Å². The third-order valence-electron chi connectivity index (χ3n) is 4.30. The first kappa shape index (κ1) is 17.6. The van der Waals surface area contributed by atoms with Crippen LogP contribution >= 0.6 is 23.6 Å². The average molecular weight is 373 g/mol. The second kappa shape index (κ2) is 6.57. The molecule has 1 aromatic heterocycles. The number of thiocarbonyl (C=S) groups is 1. The molecule has 0 saturated carbocycles. The summed E-state index contributed by atoms with van der Waals surface area (Å²) in [5, 5.41) is 9.30. The van der Waals surface area contributed by atoms with Crippen LogP contribution < -0.4 is 15.5 Å². The Morgan fingerprint density at radius 3 is 2.96 bits per heavy atom. The Hall–Kier alpha value is -2.25. The smallest absolute Gasteiger partial charge is 0.236 e. The molecule has 0 unspecified atom stereocenters. The van der Waals surface area contributed by atoms with Crippen molar-refractivity contribution in [2.75, 3.05) is 23.8 Å². The lowest BCUT2D eigenvalue weighted by Crippen LogP contribution is -2.33. The summed E-state index contributed by atoms with van der Waals surface area (Å²) >= 11 is 6.69. The number of benzene rings is 1. The van der Waals surface area contributed by atoms with Gasteiger partial charge in [-0.3, -0.25) is 4.79 Å². The maximum absolute atomic E-state index is 12.4. The maximum Gasteiger partial charge on any atom is 0.236 e. The third kappa shape index (κ3) is 3.17. The van der Waals surface area contributed by atoms with Crippen LogP contribution in [0.1, 0.15) is 19.4 Å². The van der Waals surface area contributed by atoms with E-state index in [1.807, 2.05) is 38.4 Å². The van der Waals surface area contributed by atoms with E-state index >= 15 is 0 Å². The number of nitrogens with one attached hydrogen (secondary N) is 2. The van der Waals surface area contributed by atoms with Gasteiger partial charge in [0.05, 0.1) is 11.1 Å². The minimum absolute atomic E-state index is 0.110. The summed E-state index contributed by atoms with van der Waals surface area (Å²) < 4.78 is 0. The van der Waals surface area contributed by atoms with Crippen LogP contribution in [0.4, 0.5) is 10.8 Å². The van der Waals surface area contributed by atoms with Gasteiger partial charge in [-0.15, -0.1) is 17.9 Å². The molecule has 3 rings (SSSR count). The van der Waals surface area contributed by atoms with Crippen LogP contribution in [0, 0.1) is 0 Å². The fourth-order valence-electron chi connectivity index (χ4n) is 2.90. The van der Waals surface area contributed by atoms with Gasteiger partial charge in [-0.2, -0.15) is 0 Å². The average Bonchev–Trinajstić information content (AvgIpc) is 3.11. The summed E-state index contributed by atoms with van der Waals surface area (Å²) in [7, 11) is 1.82. The van der Waals surface area contributed by atoms with E-state index in [1.165, 1.54) is 11.3 Å². The van der Waals surface area contributed by atoms with Gasteiger partial charge in [0.25, 0.3) is 0 Å². The standard InChI is InChI=1S/C18H20N4OS2/c1-5-8-19-16(24)21-17-20-13(10-25-17)11-6-7-14-12(9-11)18(2,3)15(23)22(14)4/h5-7,9-10H,1,8H2,2-4H3,(H2,19,20,21,24). The van der Waals surface area contributed by atoms with Crippen molar-refractivity contribution in [1.29, 1.82) is 0 Å². The second-order valence-electron chi connectivity index (χ2n) is 6.38. The fourth-order valence-corrected chi connectivity index (χ4v) is 3.87. The molecule has 2 aromatic rings. The molecule has 25 heavy (non-hydrogen) atoms. The van der Waals surface area contributed by atoms with Gasteiger partial charge in [0.2, 0.25) is 5.91 Å². The third-order valence-corrected chi connectivity index (χ3v) is 5.30. The van der Waals surface area contributed by atoms with Gasteiger partial charge in [0.15, 0.2) is 10.2 Å². The second-order valence-corrected chi connectivity index (χ2v) is 7.65. The molecule has 0 aliphatic carbocycles.